The number of benzene rings is 2. The van der Waals surface area contributed by atoms with Crippen molar-refractivity contribution in [2.45, 2.75) is 20.8 Å². The maximum atomic E-state index is 12.5. The molecule has 0 aromatic heterocycles. The molecule has 0 heterocycles. The summed E-state index contributed by atoms with van der Waals surface area (Å²) in [6, 6.07) is 10.2. The van der Waals surface area contributed by atoms with Crippen LogP contribution in [-0.4, -0.2) is 25.5 Å². The lowest BCUT2D eigenvalue weighted by molar-refractivity contribution is -0.118. The maximum Gasteiger partial charge on any atom is 0.255 e. The van der Waals surface area contributed by atoms with Crippen molar-refractivity contribution in [2.75, 3.05) is 24.4 Å². The normalized spacial score (nSPS) is 10.4. The minimum atomic E-state index is -0.264. The van der Waals surface area contributed by atoms with E-state index in [9.17, 15) is 9.59 Å². The predicted molar refractivity (Wildman–Crippen MR) is 110 cm³/mol. The van der Waals surface area contributed by atoms with Crippen molar-refractivity contribution in [1.29, 1.82) is 0 Å². The number of ether oxygens (including phenoxy) is 2. The van der Waals surface area contributed by atoms with E-state index >= 15 is 0 Å². The van der Waals surface area contributed by atoms with Crippen molar-refractivity contribution in [3.8, 4) is 11.5 Å². The number of amides is 2. The van der Waals surface area contributed by atoms with Gasteiger partial charge in [0.25, 0.3) is 5.91 Å². The molecule has 2 amide bonds. The summed E-state index contributed by atoms with van der Waals surface area (Å²) in [6.07, 6.45) is 0. The van der Waals surface area contributed by atoms with E-state index in [-0.39, 0.29) is 17.7 Å². The van der Waals surface area contributed by atoms with Crippen LogP contribution in [0.1, 0.15) is 31.1 Å². The summed E-state index contributed by atoms with van der Waals surface area (Å²) >= 11 is 3.40. The molecule has 0 fully saturated rings. The molecule has 0 saturated heterocycles. The van der Waals surface area contributed by atoms with Crippen LogP contribution in [0.2, 0.25) is 0 Å². The first-order chi connectivity index (χ1) is 12.8. The summed E-state index contributed by atoms with van der Waals surface area (Å²) in [4.78, 5) is 24.4. The summed E-state index contributed by atoms with van der Waals surface area (Å²) in [5.74, 6) is 0.631. The van der Waals surface area contributed by atoms with E-state index in [4.69, 9.17) is 9.47 Å². The number of anilines is 2. The molecule has 2 aromatic carbocycles. The minimum absolute atomic E-state index is 0.107. The fourth-order valence-corrected chi connectivity index (χ4v) is 2.76. The van der Waals surface area contributed by atoms with Gasteiger partial charge in [-0.15, -0.1) is 0 Å². The predicted octanol–water partition coefficient (Wildman–Crippen LogP) is 4.70. The van der Waals surface area contributed by atoms with Crippen LogP contribution >= 0.6 is 15.9 Å². The van der Waals surface area contributed by atoms with E-state index < -0.39 is 0 Å². The van der Waals surface area contributed by atoms with Gasteiger partial charge >= 0.3 is 0 Å². The molecule has 0 aliphatic carbocycles. The van der Waals surface area contributed by atoms with Crippen molar-refractivity contribution in [3.05, 3.63) is 46.4 Å². The lowest BCUT2D eigenvalue weighted by Crippen LogP contribution is -2.18. The molecule has 7 heteroatoms. The van der Waals surface area contributed by atoms with Gasteiger partial charge in [-0.2, -0.15) is 0 Å². The Balaban J connectivity index is 2.16. The zero-order valence-electron chi connectivity index (χ0n) is 15.8. The van der Waals surface area contributed by atoms with Crippen LogP contribution in [0.3, 0.4) is 0 Å². The fourth-order valence-electron chi connectivity index (χ4n) is 2.27. The summed E-state index contributed by atoms with van der Waals surface area (Å²) in [7, 11) is 1.51. The third kappa shape index (κ3) is 5.47. The highest BCUT2D eigenvalue weighted by Crippen LogP contribution is 2.30. The average molecular weight is 435 g/mol. The molecule has 0 spiro atoms. The van der Waals surface area contributed by atoms with Gasteiger partial charge in [0.1, 0.15) is 11.5 Å². The van der Waals surface area contributed by atoms with E-state index in [1.165, 1.54) is 7.11 Å². The van der Waals surface area contributed by atoms with E-state index in [0.29, 0.717) is 39.5 Å². The molecule has 0 radical (unpaired) electrons. The first-order valence-corrected chi connectivity index (χ1v) is 9.37. The van der Waals surface area contributed by atoms with Crippen molar-refractivity contribution in [1.82, 2.24) is 0 Å². The number of carbonyl (C=O) groups is 2. The molecule has 0 bridgehead atoms. The number of hydrogen-bond acceptors (Lipinski definition) is 4. The molecule has 0 atom stereocenters. The molecule has 0 aliphatic rings. The molecule has 0 aliphatic heterocycles. The van der Waals surface area contributed by atoms with E-state index in [0.717, 1.165) is 0 Å². The molecule has 2 aromatic rings. The first kappa shape index (κ1) is 20.8. The molecule has 0 unspecified atom stereocenters. The van der Waals surface area contributed by atoms with Gasteiger partial charge in [0.15, 0.2) is 0 Å². The molecule has 2 rings (SSSR count). The molecule has 6 nitrogen and oxygen atoms in total. The van der Waals surface area contributed by atoms with Gasteiger partial charge in [-0.25, -0.2) is 0 Å². The Bertz CT molecular complexity index is 837. The number of halogens is 1. The zero-order chi connectivity index (χ0) is 20.0. The Labute approximate surface area is 167 Å². The van der Waals surface area contributed by atoms with Crippen molar-refractivity contribution >= 4 is 39.1 Å². The second-order valence-corrected chi connectivity index (χ2v) is 6.95. The quantitative estimate of drug-likeness (QED) is 0.661. The van der Waals surface area contributed by atoms with Gasteiger partial charge < -0.3 is 20.1 Å². The van der Waals surface area contributed by atoms with Gasteiger partial charge in [-0.1, -0.05) is 13.8 Å². The van der Waals surface area contributed by atoms with E-state index in [1.54, 1.807) is 36.4 Å². The molecule has 2 N–H and O–H groups in total. The van der Waals surface area contributed by atoms with Crippen molar-refractivity contribution < 1.29 is 19.1 Å². The third-order valence-corrected chi connectivity index (χ3v) is 4.36. The van der Waals surface area contributed by atoms with Gasteiger partial charge in [-0.3, -0.25) is 9.59 Å². The van der Waals surface area contributed by atoms with Crippen molar-refractivity contribution in [2.24, 2.45) is 5.92 Å². The Hall–Kier alpha value is -2.54. The third-order valence-electron chi connectivity index (χ3n) is 3.74. The minimum Gasteiger partial charge on any atom is -0.494 e. The van der Waals surface area contributed by atoms with Crippen LogP contribution in [0.4, 0.5) is 11.4 Å². The lowest BCUT2D eigenvalue weighted by Gasteiger charge is -2.14. The molecular formula is C20H23BrN2O4. The fraction of sp³-hybridized carbons (Fsp3) is 0.300. The standard InChI is InChI=1S/C20H23BrN2O4/c1-5-27-17-9-6-13(10-15(17)21)20(25)22-14-7-8-16(18(11-14)26-4)23-19(24)12(2)3/h6-12H,5H2,1-4H3,(H,22,25)(H,23,24). The highest BCUT2D eigenvalue weighted by Gasteiger charge is 2.13. The summed E-state index contributed by atoms with van der Waals surface area (Å²) < 4.78 is 11.5. The van der Waals surface area contributed by atoms with Crippen LogP contribution in [0.25, 0.3) is 0 Å². The Morgan fingerprint density at radius 3 is 2.41 bits per heavy atom. The van der Waals surface area contributed by atoms with Crippen molar-refractivity contribution in [3.63, 3.8) is 0 Å². The summed E-state index contributed by atoms with van der Waals surface area (Å²) in [5.41, 5.74) is 1.60. The smallest absolute Gasteiger partial charge is 0.255 e. The number of hydrogen-bond donors (Lipinski definition) is 2. The van der Waals surface area contributed by atoms with Crippen LogP contribution in [0, 0.1) is 5.92 Å². The zero-order valence-corrected chi connectivity index (χ0v) is 17.3. The SMILES string of the molecule is CCOc1ccc(C(=O)Nc2ccc(NC(=O)C(C)C)c(OC)c2)cc1Br. The summed E-state index contributed by atoms with van der Waals surface area (Å²) in [5, 5.41) is 5.62. The molecule has 0 saturated carbocycles. The topological polar surface area (TPSA) is 76.7 Å². The Morgan fingerprint density at radius 2 is 1.81 bits per heavy atom. The number of carbonyl (C=O) groups excluding carboxylic acids is 2. The average Bonchev–Trinajstić information content (AvgIpc) is 2.64. The molecule has 144 valence electrons. The van der Waals surface area contributed by atoms with Gasteiger partial charge in [0, 0.05) is 23.2 Å². The van der Waals surface area contributed by atoms with E-state index in [1.807, 2.05) is 20.8 Å². The Kier molecular flexibility index (Phi) is 7.24. The van der Waals surface area contributed by atoms with Crippen LogP contribution < -0.4 is 20.1 Å². The second-order valence-electron chi connectivity index (χ2n) is 6.09. The highest BCUT2D eigenvalue weighted by molar-refractivity contribution is 9.10. The maximum absolute atomic E-state index is 12.5. The second kappa shape index (κ2) is 9.41. The summed E-state index contributed by atoms with van der Waals surface area (Å²) in [6.45, 7) is 6.06. The number of rotatable bonds is 7. The van der Waals surface area contributed by atoms with Gasteiger partial charge in [0.05, 0.1) is 23.9 Å². The van der Waals surface area contributed by atoms with Gasteiger partial charge in [0.2, 0.25) is 5.91 Å². The first-order valence-electron chi connectivity index (χ1n) is 8.58. The number of methoxy groups -OCH3 is 1. The van der Waals surface area contributed by atoms with E-state index in [2.05, 4.69) is 26.6 Å². The van der Waals surface area contributed by atoms with Gasteiger partial charge in [-0.05, 0) is 53.2 Å². The van der Waals surface area contributed by atoms with Crippen LogP contribution in [0.15, 0.2) is 40.9 Å². The molecule has 27 heavy (non-hydrogen) atoms. The largest absolute Gasteiger partial charge is 0.494 e. The highest BCUT2D eigenvalue weighted by atomic mass is 79.9. The molecular weight excluding hydrogens is 412 g/mol. The van der Waals surface area contributed by atoms with Crippen LogP contribution in [-0.2, 0) is 4.79 Å². The Morgan fingerprint density at radius 1 is 1.07 bits per heavy atom. The van der Waals surface area contributed by atoms with Crippen LogP contribution in [0.5, 0.6) is 11.5 Å². The number of nitrogens with one attached hydrogen (secondary N) is 2. The monoisotopic (exact) mass is 434 g/mol. The lowest BCUT2D eigenvalue weighted by atomic mass is 10.1.